The lowest BCUT2D eigenvalue weighted by Crippen LogP contribution is -2.09. The Morgan fingerprint density at radius 3 is 2.62 bits per heavy atom. The first-order chi connectivity index (χ1) is 9.88. The highest BCUT2D eigenvalue weighted by Gasteiger charge is 2.26. The maximum Gasteiger partial charge on any atom is 0.296 e. The minimum Gasteiger partial charge on any atom is -0.294 e. The van der Waals surface area contributed by atoms with E-state index in [1.54, 1.807) is 15.9 Å². The molecular weight excluding hydrogens is 330 g/mol. The van der Waals surface area contributed by atoms with Crippen molar-refractivity contribution < 1.29 is 8.42 Å². The SMILES string of the molecule is CC(C)n1c(-c2cc3c(s2)CCCC3)nnc1S(=O)(=O)Cl. The lowest BCUT2D eigenvalue weighted by molar-refractivity contribution is 0.531. The molecule has 2 heterocycles. The van der Waals surface area contributed by atoms with Gasteiger partial charge in [-0.25, -0.2) is 8.42 Å². The topological polar surface area (TPSA) is 64.8 Å². The summed E-state index contributed by atoms with van der Waals surface area (Å²) >= 11 is 1.68. The Morgan fingerprint density at radius 1 is 1.29 bits per heavy atom. The standard InChI is InChI=1S/C13H16ClN3O2S2/c1-8(2)17-12(15-16-13(17)21(14,18)19)11-7-9-5-3-4-6-10(9)20-11/h7-8H,3-6H2,1-2H3. The van der Waals surface area contributed by atoms with Crippen LogP contribution in [0.5, 0.6) is 0 Å². The van der Waals surface area contributed by atoms with Crippen molar-refractivity contribution >= 4 is 31.1 Å². The lowest BCUT2D eigenvalue weighted by atomic mass is 9.99. The summed E-state index contributed by atoms with van der Waals surface area (Å²) in [5, 5.41) is 7.69. The molecule has 8 heteroatoms. The molecule has 5 nitrogen and oxygen atoms in total. The van der Waals surface area contributed by atoms with E-state index in [1.807, 2.05) is 13.8 Å². The van der Waals surface area contributed by atoms with E-state index >= 15 is 0 Å². The van der Waals surface area contributed by atoms with E-state index in [2.05, 4.69) is 16.3 Å². The number of aromatic nitrogens is 3. The van der Waals surface area contributed by atoms with Crippen LogP contribution in [0.1, 0.15) is 43.2 Å². The van der Waals surface area contributed by atoms with Crippen molar-refractivity contribution in [3.8, 4) is 10.7 Å². The smallest absolute Gasteiger partial charge is 0.294 e. The van der Waals surface area contributed by atoms with E-state index in [1.165, 1.54) is 23.3 Å². The van der Waals surface area contributed by atoms with E-state index in [0.717, 1.165) is 17.7 Å². The normalized spacial score (nSPS) is 15.4. The predicted molar refractivity (Wildman–Crippen MR) is 83.4 cm³/mol. The third kappa shape index (κ3) is 2.74. The number of nitrogens with zero attached hydrogens (tertiary/aromatic N) is 3. The van der Waals surface area contributed by atoms with E-state index in [-0.39, 0.29) is 11.2 Å². The second-order valence-electron chi connectivity index (χ2n) is 5.47. The second kappa shape index (κ2) is 5.37. The monoisotopic (exact) mass is 345 g/mol. The van der Waals surface area contributed by atoms with Gasteiger partial charge in [-0.15, -0.1) is 21.5 Å². The van der Waals surface area contributed by atoms with Crippen molar-refractivity contribution in [1.29, 1.82) is 0 Å². The molecule has 0 radical (unpaired) electrons. The Kier molecular flexibility index (Phi) is 3.83. The first-order valence-electron chi connectivity index (χ1n) is 6.89. The molecular formula is C13H16ClN3O2S2. The van der Waals surface area contributed by atoms with Gasteiger partial charge in [0.25, 0.3) is 14.2 Å². The quantitative estimate of drug-likeness (QED) is 0.800. The summed E-state index contributed by atoms with van der Waals surface area (Å²) in [4.78, 5) is 2.35. The Hall–Kier alpha value is -0.920. The fourth-order valence-electron chi connectivity index (χ4n) is 2.68. The molecule has 0 bridgehead atoms. The van der Waals surface area contributed by atoms with Crippen LogP contribution in [0.25, 0.3) is 10.7 Å². The zero-order valence-electron chi connectivity index (χ0n) is 11.8. The summed E-state index contributed by atoms with van der Waals surface area (Å²) in [6.45, 7) is 3.79. The molecule has 1 aliphatic carbocycles. The number of halogens is 1. The minimum atomic E-state index is -3.90. The van der Waals surface area contributed by atoms with Crippen molar-refractivity contribution in [3.63, 3.8) is 0 Å². The highest BCUT2D eigenvalue weighted by molar-refractivity contribution is 8.13. The van der Waals surface area contributed by atoms with Crippen molar-refractivity contribution in [1.82, 2.24) is 14.8 Å². The summed E-state index contributed by atoms with van der Waals surface area (Å²) in [6.07, 6.45) is 4.60. The molecule has 0 unspecified atom stereocenters. The fraction of sp³-hybridized carbons (Fsp3) is 0.538. The molecule has 0 atom stereocenters. The van der Waals surface area contributed by atoms with Gasteiger partial charge in [0.1, 0.15) is 0 Å². The molecule has 3 rings (SSSR count). The summed E-state index contributed by atoms with van der Waals surface area (Å²) in [5.74, 6) is 0.587. The first-order valence-corrected chi connectivity index (χ1v) is 10.0. The molecule has 0 fully saturated rings. The Morgan fingerprint density at radius 2 is 2.00 bits per heavy atom. The van der Waals surface area contributed by atoms with Crippen LogP contribution in [-0.4, -0.2) is 23.2 Å². The number of fused-ring (bicyclic) bond motifs is 1. The van der Waals surface area contributed by atoms with Gasteiger partial charge < -0.3 is 0 Å². The molecule has 0 amide bonds. The van der Waals surface area contributed by atoms with Gasteiger partial charge in [-0.2, -0.15) is 0 Å². The molecule has 114 valence electrons. The number of thiophene rings is 1. The van der Waals surface area contributed by atoms with Crippen LogP contribution >= 0.6 is 22.0 Å². The van der Waals surface area contributed by atoms with Gasteiger partial charge in [0, 0.05) is 21.6 Å². The molecule has 0 saturated heterocycles. The summed E-state index contributed by atoms with van der Waals surface area (Å²) in [6, 6.07) is 2.03. The van der Waals surface area contributed by atoms with Crippen molar-refractivity contribution in [3.05, 3.63) is 16.5 Å². The second-order valence-corrected chi connectivity index (χ2v) is 9.07. The first kappa shape index (κ1) is 15.0. The van der Waals surface area contributed by atoms with Crippen LogP contribution in [0, 0.1) is 0 Å². The minimum absolute atomic E-state index is 0.0855. The van der Waals surface area contributed by atoms with Gasteiger partial charge in [0.05, 0.1) is 4.88 Å². The van der Waals surface area contributed by atoms with E-state index in [0.29, 0.717) is 5.82 Å². The maximum atomic E-state index is 11.6. The highest BCUT2D eigenvalue weighted by Crippen LogP contribution is 2.36. The van der Waals surface area contributed by atoms with Crippen LogP contribution in [0.2, 0.25) is 0 Å². The third-order valence-corrected chi connectivity index (χ3v) is 5.98. The van der Waals surface area contributed by atoms with E-state index < -0.39 is 9.05 Å². The molecule has 21 heavy (non-hydrogen) atoms. The Labute approximate surface area is 132 Å². The molecule has 0 aromatic carbocycles. The van der Waals surface area contributed by atoms with Crippen LogP contribution in [-0.2, 0) is 21.9 Å². The molecule has 0 aliphatic heterocycles. The number of rotatable bonds is 3. The third-order valence-electron chi connectivity index (χ3n) is 3.62. The molecule has 1 aliphatic rings. The maximum absolute atomic E-state index is 11.6. The molecule has 2 aromatic heterocycles. The van der Waals surface area contributed by atoms with Crippen LogP contribution in [0.4, 0.5) is 0 Å². The van der Waals surface area contributed by atoms with Gasteiger partial charge in [-0.1, -0.05) is 0 Å². The van der Waals surface area contributed by atoms with Crippen LogP contribution < -0.4 is 0 Å². The number of hydrogen-bond donors (Lipinski definition) is 0. The van der Waals surface area contributed by atoms with Gasteiger partial charge in [-0.3, -0.25) is 4.57 Å². The lowest BCUT2D eigenvalue weighted by Gasteiger charge is -2.11. The summed E-state index contributed by atoms with van der Waals surface area (Å²) in [7, 11) is 1.56. The van der Waals surface area contributed by atoms with Gasteiger partial charge in [-0.05, 0) is 51.2 Å². The number of aryl methyl sites for hydroxylation is 2. The zero-order chi connectivity index (χ0) is 15.2. The van der Waals surface area contributed by atoms with Gasteiger partial charge >= 0.3 is 0 Å². The summed E-state index contributed by atoms with van der Waals surface area (Å²) < 4.78 is 24.9. The zero-order valence-corrected chi connectivity index (χ0v) is 14.2. The average molecular weight is 346 g/mol. The summed E-state index contributed by atoms with van der Waals surface area (Å²) in [5.41, 5.74) is 1.36. The van der Waals surface area contributed by atoms with Crippen LogP contribution in [0.15, 0.2) is 11.2 Å². The molecule has 0 saturated carbocycles. The molecule has 0 N–H and O–H groups in total. The number of hydrogen-bond acceptors (Lipinski definition) is 5. The van der Waals surface area contributed by atoms with E-state index in [9.17, 15) is 8.42 Å². The largest absolute Gasteiger partial charge is 0.296 e. The highest BCUT2D eigenvalue weighted by atomic mass is 35.7. The van der Waals surface area contributed by atoms with Crippen molar-refractivity contribution in [2.45, 2.75) is 50.7 Å². The van der Waals surface area contributed by atoms with Gasteiger partial charge in [0.2, 0.25) is 0 Å². The van der Waals surface area contributed by atoms with Gasteiger partial charge in [0.15, 0.2) is 5.82 Å². The fourth-order valence-corrected chi connectivity index (χ4v) is 4.90. The Bertz CT molecular complexity index is 754. The van der Waals surface area contributed by atoms with Crippen molar-refractivity contribution in [2.75, 3.05) is 0 Å². The van der Waals surface area contributed by atoms with E-state index in [4.69, 9.17) is 10.7 Å². The molecule has 0 spiro atoms. The van der Waals surface area contributed by atoms with Crippen LogP contribution in [0.3, 0.4) is 0 Å². The van der Waals surface area contributed by atoms with Crippen molar-refractivity contribution in [2.24, 2.45) is 0 Å². The molecule has 2 aromatic rings. The Balaban J connectivity index is 2.15. The average Bonchev–Trinajstić information content (AvgIpc) is 3.01. The predicted octanol–water partition coefficient (Wildman–Crippen LogP) is 3.39.